The minimum absolute atomic E-state index is 0.131. The van der Waals surface area contributed by atoms with Gasteiger partial charge in [-0.05, 0) is 54.9 Å². The van der Waals surface area contributed by atoms with Gasteiger partial charge < -0.3 is 5.32 Å². The van der Waals surface area contributed by atoms with E-state index in [0.717, 1.165) is 10.6 Å². The molecule has 0 spiro atoms. The summed E-state index contributed by atoms with van der Waals surface area (Å²) < 4.78 is 0. The molecule has 0 saturated carbocycles. The first-order valence-electron chi connectivity index (χ1n) is 8.14. The fourth-order valence-electron chi connectivity index (χ4n) is 2.09. The zero-order valence-electron chi connectivity index (χ0n) is 14.6. The van der Waals surface area contributed by atoms with Crippen LogP contribution in [0.4, 0.5) is 5.69 Å². The summed E-state index contributed by atoms with van der Waals surface area (Å²) in [4.78, 5) is 13.2. The van der Waals surface area contributed by atoms with Crippen molar-refractivity contribution in [3.63, 3.8) is 0 Å². The van der Waals surface area contributed by atoms with E-state index in [1.807, 2.05) is 49.4 Å². The molecule has 2 aromatic carbocycles. The standard InChI is InChI=1S/C19H23N3OS2/c1-13(2)15-9-11-16(12-10-15)20-19(24)22-21-18(23)14(3)25-17-7-5-4-6-8-17/h4-14H,1-3H3,(H,21,23)(H2,20,22,24)/t14-/m0/s1. The summed E-state index contributed by atoms with van der Waals surface area (Å²) in [6.07, 6.45) is 0. The Kier molecular flexibility index (Phi) is 7.28. The third-order valence-corrected chi connectivity index (χ3v) is 4.88. The molecule has 4 nitrogen and oxygen atoms in total. The molecule has 0 unspecified atom stereocenters. The van der Waals surface area contributed by atoms with Gasteiger partial charge in [-0.1, -0.05) is 44.2 Å². The first kappa shape index (κ1) is 19.3. The van der Waals surface area contributed by atoms with Gasteiger partial charge in [0.25, 0.3) is 5.91 Å². The highest BCUT2D eigenvalue weighted by atomic mass is 32.2. The molecule has 0 aliphatic rings. The molecule has 3 N–H and O–H groups in total. The van der Waals surface area contributed by atoms with Crippen molar-refractivity contribution in [1.29, 1.82) is 0 Å². The number of rotatable bonds is 5. The number of carbonyl (C=O) groups excluding carboxylic acids is 1. The predicted molar refractivity (Wildman–Crippen MR) is 110 cm³/mol. The van der Waals surface area contributed by atoms with Gasteiger partial charge in [-0.15, -0.1) is 11.8 Å². The van der Waals surface area contributed by atoms with Gasteiger partial charge in [-0.2, -0.15) is 0 Å². The highest BCUT2D eigenvalue weighted by molar-refractivity contribution is 8.00. The summed E-state index contributed by atoms with van der Waals surface area (Å²) in [7, 11) is 0. The Morgan fingerprint density at radius 2 is 1.60 bits per heavy atom. The van der Waals surface area contributed by atoms with Crippen molar-refractivity contribution < 1.29 is 4.79 Å². The Morgan fingerprint density at radius 1 is 0.960 bits per heavy atom. The van der Waals surface area contributed by atoms with Crippen LogP contribution in [0.2, 0.25) is 0 Å². The van der Waals surface area contributed by atoms with E-state index in [-0.39, 0.29) is 11.2 Å². The molecule has 0 aliphatic heterocycles. The maximum atomic E-state index is 12.1. The largest absolute Gasteiger partial charge is 0.331 e. The number of nitrogens with one attached hydrogen (secondary N) is 3. The van der Waals surface area contributed by atoms with Crippen molar-refractivity contribution >= 4 is 40.7 Å². The van der Waals surface area contributed by atoms with E-state index in [2.05, 4.69) is 42.1 Å². The van der Waals surface area contributed by atoms with E-state index in [1.54, 1.807) is 0 Å². The highest BCUT2D eigenvalue weighted by Crippen LogP contribution is 2.22. The lowest BCUT2D eigenvalue weighted by atomic mass is 10.0. The minimum atomic E-state index is -0.233. The van der Waals surface area contributed by atoms with Gasteiger partial charge >= 0.3 is 0 Å². The number of carbonyl (C=O) groups is 1. The Labute approximate surface area is 158 Å². The van der Waals surface area contributed by atoms with Gasteiger partial charge in [0, 0.05) is 10.6 Å². The molecule has 0 aliphatic carbocycles. The topological polar surface area (TPSA) is 53.2 Å². The van der Waals surface area contributed by atoms with Crippen molar-refractivity contribution in [2.24, 2.45) is 0 Å². The molecule has 132 valence electrons. The lowest BCUT2D eigenvalue weighted by molar-refractivity contribution is -0.120. The summed E-state index contributed by atoms with van der Waals surface area (Å²) in [5, 5.41) is 3.17. The Hall–Kier alpha value is -2.05. The van der Waals surface area contributed by atoms with Crippen molar-refractivity contribution in [3.8, 4) is 0 Å². The fraction of sp³-hybridized carbons (Fsp3) is 0.263. The lowest BCUT2D eigenvalue weighted by Crippen LogP contribution is -2.46. The molecule has 25 heavy (non-hydrogen) atoms. The molecule has 0 radical (unpaired) electrons. The van der Waals surface area contributed by atoms with Crippen LogP contribution in [0.1, 0.15) is 32.3 Å². The molecule has 0 fully saturated rings. The van der Waals surface area contributed by atoms with Crippen LogP contribution in [0.25, 0.3) is 0 Å². The first-order chi connectivity index (χ1) is 12.0. The molecule has 0 aromatic heterocycles. The van der Waals surface area contributed by atoms with Crippen LogP contribution in [0, 0.1) is 0 Å². The average molecular weight is 374 g/mol. The summed E-state index contributed by atoms with van der Waals surface area (Å²) >= 11 is 6.71. The molecule has 0 heterocycles. The number of hydrazine groups is 1. The number of anilines is 1. The van der Waals surface area contributed by atoms with Crippen LogP contribution in [-0.2, 0) is 4.79 Å². The molecule has 0 saturated heterocycles. The average Bonchev–Trinajstić information content (AvgIpc) is 2.61. The summed E-state index contributed by atoms with van der Waals surface area (Å²) in [5.41, 5.74) is 7.53. The van der Waals surface area contributed by atoms with Crippen LogP contribution in [0.3, 0.4) is 0 Å². The van der Waals surface area contributed by atoms with Gasteiger partial charge in [-0.25, -0.2) is 0 Å². The van der Waals surface area contributed by atoms with Gasteiger partial charge in [0.2, 0.25) is 0 Å². The number of thiocarbonyl (C=S) groups is 1. The number of hydrogen-bond acceptors (Lipinski definition) is 3. The molecule has 2 aromatic rings. The predicted octanol–water partition coefficient (Wildman–Crippen LogP) is 4.31. The first-order valence-corrected chi connectivity index (χ1v) is 9.43. The second-order valence-corrected chi connectivity index (χ2v) is 7.74. The van der Waals surface area contributed by atoms with Crippen LogP contribution in [0.5, 0.6) is 0 Å². The van der Waals surface area contributed by atoms with Gasteiger partial charge in [0.05, 0.1) is 5.25 Å². The summed E-state index contributed by atoms with van der Waals surface area (Å²) in [5.74, 6) is 0.357. The van der Waals surface area contributed by atoms with E-state index < -0.39 is 0 Å². The summed E-state index contributed by atoms with van der Waals surface area (Å²) in [6.45, 7) is 6.16. The third kappa shape index (κ3) is 6.40. The zero-order valence-corrected chi connectivity index (χ0v) is 16.2. The highest BCUT2D eigenvalue weighted by Gasteiger charge is 2.14. The van der Waals surface area contributed by atoms with Crippen molar-refractivity contribution in [3.05, 3.63) is 60.2 Å². The second kappa shape index (κ2) is 9.44. The quantitative estimate of drug-likeness (QED) is 0.414. The molecule has 1 amide bonds. The van der Waals surface area contributed by atoms with Gasteiger partial charge in [-0.3, -0.25) is 15.6 Å². The van der Waals surface area contributed by atoms with E-state index in [0.29, 0.717) is 11.0 Å². The second-order valence-electron chi connectivity index (χ2n) is 5.92. The number of amides is 1. The normalized spacial score (nSPS) is 11.7. The lowest BCUT2D eigenvalue weighted by Gasteiger charge is -2.15. The maximum Gasteiger partial charge on any atom is 0.251 e. The smallest absolute Gasteiger partial charge is 0.251 e. The van der Waals surface area contributed by atoms with Crippen molar-refractivity contribution in [2.75, 3.05) is 5.32 Å². The minimum Gasteiger partial charge on any atom is -0.331 e. The molecule has 6 heteroatoms. The van der Waals surface area contributed by atoms with Gasteiger partial charge in [0.15, 0.2) is 5.11 Å². The number of hydrogen-bond donors (Lipinski definition) is 3. The Morgan fingerprint density at radius 3 is 2.20 bits per heavy atom. The van der Waals surface area contributed by atoms with Crippen LogP contribution < -0.4 is 16.2 Å². The monoisotopic (exact) mass is 373 g/mol. The van der Waals surface area contributed by atoms with E-state index >= 15 is 0 Å². The third-order valence-electron chi connectivity index (χ3n) is 3.56. The van der Waals surface area contributed by atoms with E-state index in [1.165, 1.54) is 17.3 Å². The molecular formula is C19H23N3OS2. The molecule has 2 rings (SSSR count). The van der Waals surface area contributed by atoms with E-state index in [9.17, 15) is 4.79 Å². The molecular weight excluding hydrogens is 350 g/mol. The summed E-state index contributed by atoms with van der Waals surface area (Å²) in [6, 6.07) is 17.9. The zero-order chi connectivity index (χ0) is 18.2. The molecule has 1 atom stereocenters. The molecule has 0 bridgehead atoms. The van der Waals surface area contributed by atoms with Crippen molar-refractivity contribution in [1.82, 2.24) is 10.9 Å². The van der Waals surface area contributed by atoms with Gasteiger partial charge in [0.1, 0.15) is 0 Å². The van der Waals surface area contributed by atoms with Crippen LogP contribution >= 0.6 is 24.0 Å². The van der Waals surface area contributed by atoms with Crippen LogP contribution in [0.15, 0.2) is 59.5 Å². The SMILES string of the molecule is CC(C)c1ccc(NC(=S)NNC(=O)[C@H](C)Sc2ccccc2)cc1. The van der Waals surface area contributed by atoms with Crippen LogP contribution in [-0.4, -0.2) is 16.3 Å². The number of thioether (sulfide) groups is 1. The van der Waals surface area contributed by atoms with Crippen molar-refractivity contribution in [2.45, 2.75) is 36.8 Å². The Bertz CT molecular complexity index is 702. The number of benzene rings is 2. The fourth-order valence-corrected chi connectivity index (χ4v) is 3.15. The maximum absolute atomic E-state index is 12.1. The Balaban J connectivity index is 1.77. The van der Waals surface area contributed by atoms with E-state index in [4.69, 9.17) is 12.2 Å².